The molecule has 2 rings (SSSR count). The number of rotatable bonds is 3. The first-order valence-electron chi connectivity index (χ1n) is 5.23. The van der Waals surface area contributed by atoms with Gasteiger partial charge in [-0.2, -0.15) is 5.10 Å². The lowest BCUT2D eigenvalue weighted by Gasteiger charge is -2.17. The Morgan fingerprint density at radius 2 is 2.11 bits per heavy atom. The maximum absolute atomic E-state index is 11.5. The van der Waals surface area contributed by atoms with Crippen molar-refractivity contribution in [3.63, 3.8) is 0 Å². The van der Waals surface area contributed by atoms with Crippen LogP contribution in [-0.2, 0) is 10.0 Å². The van der Waals surface area contributed by atoms with Crippen LogP contribution in [0.4, 0.5) is 11.5 Å². The molecule has 1 aromatic carbocycles. The highest BCUT2D eigenvalue weighted by molar-refractivity contribution is 7.92. The van der Waals surface area contributed by atoms with E-state index in [1.54, 1.807) is 24.4 Å². The number of aromatic nitrogens is 2. The normalized spacial score (nSPS) is 11.4. The van der Waals surface area contributed by atoms with E-state index < -0.39 is 10.0 Å². The maximum Gasteiger partial charge on any atom is 0.231 e. The summed E-state index contributed by atoms with van der Waals surface area (Å²) in [5.41, 5.74) is 7.88. The number of sulfonamides is 1. The van der Waals surface area contributed by atoms with Gasteiger partial charge < -0.3 is 5.73 Å². The van der Waals surface area contributed by atoms with Crippen LogP contribution in [0.1, 0.15) is 0 Å². The third kappa shape index (κ3) is 2.30. The molecule has 1 aromatic heterocycles. The lowest BCUT2D eigenvalue weighted by atomic mass is 10.1. The van der Waals surface area contributed by atoms with Crippen LogP contribution in [0.2, 0.25) is 0 Å². The molecule has 0 saturated carbocycles. The molecular weight excluding hydrogens is 252 g/mol. The van der Waals surface area contributed by atoms with E-state index in [1.807, 2.05) is 6.07 Å². The second-order valence-corrected chi connectivity index (χ2v) is 5.99. The number of aromatic amines is 1. The van der Waals surface area contributed by atoms with Crippen LogP contribution >= 0.6 is 0 Å². The van der Waals surface area contributed by atoms with Crippen molar-refractivity contribution in [3.05, 3.63) is 30.5 Å². The monoisotopic (exact) mass is 266 g/mol. The van der Waals surface area contributed by atoms with Crippen LogP contribution in [0, 0.1) is 0 Å². The number of hydrogen-bond donors (Lipinski definition) is 2. The minimum Gasteiger partial charge on any atom is -0.384 e. The number of nitrogens with one attached hydrogen (secondary N) is 1. The third-order valence-corrected chi connectivity index (χ3v) is 3.89. The quantitative estimate of drug-likeness (QED) is 0.868. The highest BCUT2D eigenvalue weighted by atomic mass is 32.2. The molecule has 0 saturated heterocycles. The van der Waals surface area contributed by atoms with Gasteiger partial charge in [-0.3, -0.25) is 9.40 Å². The average Bonchev–Trinajstić information content (AvgIpc) is 2.73. The van der Waals surface area contributed by atoms with Crippen molar-refractivity contribution in [2.24, 2.45) is 0 Å². The number of hydrogen-bond acceptors (Lipinski definition) is 4. The van der Waals surface area contributed by atoms with E-state index in [4.69, 9.17) is 5.73 Å². The number of nitrogens with zero attached hydrogens (tertiary/aromatic N) is 2. The van der Waals surface area contributed by atoms with E-state index in [0.29, 0.717) is 11.5 Å². The van der Waals surface area contributed by atoms with Crippen molar-refractivity contribution in [3.8, 4) is 11.1 Å². The van der Waals surface area contributed by atoms with Crippen LogP contribution in [0.5, 0.6) is 0 Å². The SMILES string of the molecule is CN(c1cccc(-c2cn[nH]c2N)c1)S(C)(=O)=O. The summed E-state index contributed by atoms with van der Waals surface area (Å²) in [7, 11) is -1.77. The van der Waals surface area contributed by atoms with Crippen molar-refractivity contribution < 1.29 is 8.42 Å². The molecule has 96 valence electrons. The van der Waals surface area contributed by atoms with Crippen LogP contribution in [0.25, 0.3) is 11.1 Å². The lowest BCUT2D eigenvalue weighted by molar-refractivity contribution is 0.600. The fourth-order valence-corrected chi connectivity index (χ4v) is 2.08. The predicted octanol–water partition coefficient (Wildman–Crippen LogP) is 1.05. The molecule has 0 aliphatic rings. The van der Waals surface area contributed by atoms with Crippen molar-refractivity contribution in [2.75, 3.05) is 23.3 Å². The number of nitrogens with two attached hydrogens (primary N) is 1. The molecule has 6 nitrogen and oxygen atoms in total. The van der Waals surface area contributed by atoms with Gasteiger partial charge in [-0.05, 0) is 17.7 Å². The number of nitrogen functional groups attached to an aromatic ring is 1. The van der Waals surface area contributed by atoms with Crippen molar-refractivity contribution in [2.45, 2.75) is 0 Å². The zero-order chi connectivity index (χ0) is 13.3. The number of H-pyrrole nitrogens is 1. The predicted molar refractivity (Wildman–Crippen MR) is 71.7 cm³/mol. The first kappa shape index (κ1) is 12.4. The summed E-state index contributed by atoms with van der Waals surface area (Å²) in [6, 6.07) is 7.10. The van der Waals surface area contributed by atoms with Gasteiger partial charge in [0, 0.05) is 12.6 Å². The Labute approximate surface area is 105 Å². The Morgan fingerprint density at radius 1 is 1.39 bits per heavy atom. The Hall–Kier alpha value is -2.02. The van der Waals surface area contributed by atoms with E-state index >= 15 is 0 Å². The van der Waals surface area contributed by atoms with E-state index in [9.17, 15) is 8.42 Å². The fourth-order valence-electron chi connectivity index (χ4n) is 1.59. The molecule has 0 fully saturated rings. The number of anilines is 2. The standard InChI is InChI=1S/C11H14N4O2S/c1-15(18(2,16)17)9-5-3-4-8(6-9)10-7-13-14-11(10)12/h3-7H,1-2H3,(H3,12,13,14). The Kier molecular flexibility index (Phi) is 3.00. The summed E-state index contributed by atoms with van der Waals surface area (Å²) in [4.78, 5) is 0. The molecule has 0 aliphatic heterocycles. The molecule has 0 aliphatic carbocycles. The first-order valence-corrected chi connectivity index (χ1v) is 7.07. The smallest absolute Gasteiger partial charge is 0.231 e. The molecular formula is C11H14N4O2S. The third-order valence-electron chi connectivity index (χ3n) is 2.69. The summed E-state index contributed by atoms with van der Waals surface area (Å²) in [5, 5.41) is 6.48. The van der Waals surface area contributed by atoms with Gasteiger partial charge in [-0.25, -0.2) is 8.42 Å². The Bertz CT molecular complexity index is 663. The first-order chi connectivity index (χ1) is 8.39. The molecule has 0 bridgehead atoms. The molecule has 0 atom stereocenters. The topological polar surface area (TPSA) is 92.1 Å². The molecule has 0 amide bonds. The Balaban J connectivity index is 2.47. The van der Waals surface area contributed by atoms with E-state index in [2.05, 4.69) is 10.2 Å². The molecule has 18 heavy (non-hydrogen) atoms. The molecule has 1 heterocycles. The van der Waals surface area contributed by atoms with Gasteiger partial charge in [0.2, 0.25) is 10.0 Å². The van der Waals surface area contributed by atoms with Crippen LogP contribution in [0.3, 0.4) is 0 Å². The summed E-state index contributed by atoms with van der Waals surface area (Å²) in [6.07, 6.45) is 2.76. The molecule has 0 unspecified atom stereocenters. The van der Waals surface area contributed by atoms with Gasteiger partial charge in [-0.15, -0.1) is 0 Å². The highest BCUT2D eigenvalue weighted by Gasteiger charge is 2.13. The van der Waals surface area contributed by atoms with E-state index in [0.717, 1.165) is 17.4 Å². The minimum absolute atomic E-state index is 0.453. The van der Waals surface area contributed by atoms with Crippen molar-refractivity contribution in [1.82, 2.24) is 10.2 Å². The molecule has 0 radical (unpaired) electrons. The van der Waals surface area contributed by atoms with Gasteiger partial charge in [0.05, 0.1) is 18.1 Å². The minimum atomic E-state index is -3.27. The average molecular weight is 266 g/mol. The second-order valence-electron chi connectivity index (χ2n) is 3.98. The molecule has 0 spiro atoms. The van der Waals surface area contributed by atoms with Gasteiger partial charge >= 0.3 is 0 Å². The van der Waals surface area contributed by atoms with E-state index in [-0.39, 0.29) is 0 Å². The Morgan fingerprint density at radius 3 is 2.67 bits per heavy atom. The maximum atomic E-state index is 11.5. The summed E-state index contributed by atoms with van der Waals surface area (Å²) in [5.74, 6) is 0.453. The molecule has 3 N–H and O–H groups in total. The highest BCUT2D eigenvalue weighted by Crippen LogP contribution is 2.27. The number of benzene rings is 1. The molecule has 2 aromatic rings. The summed E-state index contributed by atoms with van der Waals surface area (Å²) in [6.45, 7) is 0. The van der Waals surface area contributed by atoms with Gasteiger partial charge in [0.1, 0.15) is 5.82 Å². The van der Waals surface area contributed by atoms with Gasteiger partial charge in [0.25, 0.3) is 0 Å². The van der Waals surface area contributed by atoms with Crippen LogP contribution in [0.15, 0.2) is 30.5 Å². The van der Waals surface area contributed by atoms with Crippen molar-refractivity contribution in [1.29, 1.82) is 0 Å². The van der Waals surface area contributed by atoms with Crippen molar-refractivity contribution >= 4 is 21.5 Å². The lowest BCUT2D eigenvalue weighted by Crippen LogP contribution is -2.24. The van der Waals surface area contributed by atoms with E-state index in [1.165, 1.54) is 11.4 Å². The summed E-state index contributed by atoms with van der Waals surface area (Å²) < 4.78 is 24.2. The molecule has 7 heteroatoms. The summed E-state index contributed by atoms with van der Waals surface area (Å²) >= 11 is 0. The zero-order valence-electron chi connectivity index (χ0n) is 10.1. The second kappa shape index (κ2) is 4.34. The zero-order valence-corrected chi connectivity index (χ0v) is 10.9. The fraction of sp³-hybridized carbons (Fsp3) is 0.182. The van der Waals surface area contributed by atoms with Crippen LogP contribution in [-0.4, -0.2) is 31.9 Å². The van der Waals surface area contributed by atoms with Gasteiger partial charge in [-0.1, -0.05) is 12.1 Å². The van der Waals surface area contributed by atoms with Crippen LogP contribution < -0.4 is 10.0 Å². The van der Waals surface area contributed by atoms with Gasteiger partial charge in [0.15, 0.2) is 0 Å². The largest absolute Gasteiger partial charge is 0.384 e.